The number of hydrogen-bond donors (Lipinski definition) is 0. The Morgan fingerprint density at radius 2 is 1.91 bits per heavy atom. The average Bonchev–Trinajstić information content (AvgIpc) is 2.65. The zero-order chi connectivity index (χ0) is 17.3. The molecule has 1 aromatic heterocycles. The van der Waals surface area contributed by atoms with E-state index < -0.39 is 30.0 Å². The van der Waals surface area contributed by atoms with Gasteiger partial charge in [-0.25, -0.2) is 4.39 Å². The summed E-state index contributed by atoms with van der Waals surface area (Å²) in [4.78, 5) is 15.8. The lowest BCUT2D eigenvalue weighted by molar-refractivity contribution is -0.143. The van der Waals surface area contributed by atoms with Crippen molar-refractivity contribution in [2.24, 2.45) is 0 Å². The van der Waals surface area contributed by atoms with Crippen molar-refractivity contribution < 1.29 is 23.2 Å². The van der Waals surface area contributed by atoms with Gasteiger partial charge in [0.2, 0.25) is 0 Å². The minimum absolute atomic E-state index is 0.0375. The number of hydrogen-bond acceptors (Lipinski definition) is 5. The number of halogens is 1. The van der Waals surface area contributed by atoms with Gasteiger partial charge in [-0.15, -0.1) is 0 Å². The summed E-state index contributed by atoms with van der Waals surface area (Å²) in [6, 6.07) is 1.35. The topological polar surface area (TPSA) is 57.7 Å². The van der Waals surface area contributed by atoms with Crippen molar-refractivity contribution >= 4 is 13.1 Å². The Morgan fingerprint density at radius 1 is 1.30 bits per heavy atom. The number of pyridine rings is 1. The summed E-state index contributed by atoms with van der Waals surface area (Å²) in [5.74, 6) is -1.33. The standard InChI is InChI=1S/C16H23BFNO4/c1-6-21-14(20)8-13(11-7-12(18)10-19-9-11)17-22-15(2,3)16(4,5)23-17/h7,9-10,13H,6,8H2,1-5H3. The second-order valence-corrected chi connectivity index (χ2v) is 6.68. The van der Waals surface area contributed by atoms with Gasteiger partial charge in [0.1, 0.15) is 5.82 Å². The fourth-order valence-electron chi connectivity index (χ4n) is 2.45. The fourth-order valence-corrected chi connectivity index (χ4v) is 2.45. The third-order valence-electron chi connectivity index (χ3n) is 4.45. The third kappa shape index (κ3) is 3.90. The maximum atomic E-state index is 13.5. The van der Waals surface area contributed by atoms with Gasteiger partial charge in [-0.2, -0.15) is 0 Å². The quantitative estimate of drug-likeness (QED) is 0.616. The van der Waals surface area contributed by atoms with Gasteiger partial charge < -0.3 is 14.0 Å². The molecule has 0 saturated carbocycles. The Balaban J connectivity index is 2.29. The molecule has 0 spiro atoms. The van der Waals surface area contributed by atoms with Crippen LogP contribution in [0.25, 0.3) is 0 Å². The number of rotatable bonds is 5. The van der Waals surface area contributed by atoms with E-state index in [0.29, 0.717) is 5.56 Å². The molecule has 23 heavy (non-hydrogen) atoms. The van der Waals surface area contributed by atoms with Crippen LogP contribution >= 0.6 is 0 Å². The average molecular weight is 323 g/mol. The molecule has 1 aliphatic heterocycles. The summed E-state index contributed by atoms with van der Waals surface area (Å²) < 4.78 is 30.6. The van der Waals surface area contributed by atoms with Crippen molar-refractivity contribution in [2.75, 3.05) is 6.61 Å². The van der Waals surface area contributed by atoms with E-state index in [1.165, 1.54) is 12.3 Å². The molecule has 0 N–H and O–H groups in total. The van der Waals surface area contributed by atoms with E-state index in [4.69, 9.17) is 14.0 Å². The van der Waals surface area contributed by atoms with Crippen molar-refractivity contribution in [3.8, 4) is 0 Å². The highest BCUT2D eigenvalue weighted by atomic mass is 19.1. The minimum atomic E-state index is -0.673. The van der Waals surface area contributed by atoms with Gasteiger partial charge in [-0.05, 0) is 46.2 Å². The largest absolute Gasteiger partial charge is 0.466 e. The molecular weight excluding hydrogens is 300 g/mol. The van der Waals surface area contributed by atoms with Crippen LogP contribution in [0.15, 0.2) is 18.5 Å². The van der Waals surface area contributed by atoms with E-state index in [9.17, 15) is 9.18 Å². The first-order chi connectivity index (χ1) is 10.7. The van der Waals surface area contributed by atoms with Gasteiger partial charge in [-0.3, -0.25) is 9.78 Å². The lowest BCUT2D eigenvalue weighted by Gasteiger charge is -2.32. The van der Waals surface area contributed by atoms with Crippen LogP contribution in [0, 0.1) is 5.82 Å². The maximum absolute atomic E-state index is 13.5. The van der Waals surface area contributed by atoms with Gasteiger partial charge in [0.25, 0.3) is 0 Å². The maximum Gasteiger partial charge on any atom is 0.466 e. The molecule has 0 aromatic carbocycles. The molecule has 1 unspecified atom stereocenters. The van der Waals surface area contributed by atoms with E-state index >= 15 is 0 Å². The zero-order valence-electron chi connectivity index (χ0n) is 14.3. The van der Waals surface area contributed by atoms with Crippen LogP contribution in [0.3, 0.4) is 0 Å². The third-order valence-corrected chi connectivity index (χ3v) is 4.45. The van der Waals surface area contributed by atoms with Crippen LogP contribution in [-0.2, 0) is 18.8 Å². The summed E-state index contributed by atoms with van der Waals surface area (Å²) in [5, 5.41) is 0. The summed E-state index contributed by atoms with van der Waals surface area (Å²) in [7, 11) is -0.673. The van der Waals surface area contributed by atoms with Gasteiger partial charge >= 0.3 is 13.1 Å². The van der Waals surface area contributed by atoms with E-state index in [0.717, 1.165) is 6.20 Å². The van der Waals surface area contributed by atoms with Gasteiger partial charge in [0.15, 0.2) is 0 Å². The minimum Gasteiger partial charge on any atom is -0.466 e. The molecule has 7 heteroatoms. The Bertz CT molecular complexity index is 563. The molecule has 2 heterocycles. The van der Waals surface area contributed by atoms with Crippen LogP contribution in [0.2, 0.25) is 0 Å². The summed E-state index contributed by atoms with van der Waals surface area (Å²) in [6.45, 7) is 9.74. The first kappa shape index (κ1) is 17.9. The van der Waals surface area contributed by atoms with E-state index in [1.807, 2.05) is 27.7 Å². The lowest BCUT2D eigenvalue weighted by atomic mass is 9.66. The molecule has 0 radical (unpaired) electrons. The summed E-state index contributed by atoms with van der Waals surface area (Å²) in [5.41, 5.74) is -0.520. The van der Waals surface area contributed by atoms with Gasteiger partial charge in [-0.1, -0.05) is 0 Å². The smallest absolute Gasteiger partial charge is 0.466 e. The van der Waals surface area contributed by atoms with Crippen LogP contribution in [0.4, 0.5) is 4.39 Å². The molecule has 1 atom stereocenters. The van der Waals surface area contributed by atoms with Crippen molar-refractivity contribution in [1.82, 2.24) is 4.98 Å². The first-order valence-electron chi connectivity index (χ1n) is 7.78. The van der Waals surface area contributed by atoms with Gasteiger partial charge in [0, 0.05) is 12.0 Å². The van der Waals surface area contributed by atoms with E-state index in [1.54, 1.807) is 6.92 Å². The van der Waals surface area contributed by atoms with Crippen molar-refractivity contribution in [1.29, 1.82) is 0 Å². The van der Waals surface area contributed by atoms with E-state index in [2.05, 4.69) is 4.98 Å². The highest BCUT2D eigenvalue weighted by Gasteiger charge is 2.54. The summed E-state index contributed by atoms with van der Waals surface area (Å²) >= 11 is 0. The molecule has 1 aromatic rings. The SMILES string of the molecule is CCOC(=O)CC(B1OC(C)(C)C(C)(C)O1)c1cncc(F)c1. The van der Waals surface area contributed by atoms with Crippen molar-refractivity contribution in [3.05, 3.63) is 29.8 Å². The van der Waals surface area contributed by atoms with Gasteiger partial charge in [0.05, 0.1) is 30.4 Å². The number of carbonyl (C=O) groups is 1. The van der Waals surface area contributed by atoms with Crippen LogP contribution in [-0.4, -0.2) is 35.9 Å². The molecule has 0 amide bonds. The van der Waals surface area contributed by atoms with Crippen LogP contribution < -0.4 is 0 Å². The Kier molecular flexibility index (Phi) is 5.11. The Labute approximate surface area is 136 Å². The van der Waals surface area contributed by atoms with Crippen LogP contribution in [0.1, 0.15) is 52.4 Å². The second-order valence-electron chi connectivity index (χ2n) is 6.68. The fraction of sp³-hybridized carbons (Fsp3) is 0.625. The van der Waals surface area contributed by atoms with E-state index in [-0.39, 0.29) is 19.0 Å². The number of carbonyl (C=O) groups excluding carboxylic acids is 1. The number of aromatic nitrogens is 1. The molecule has 126 valence electrons. The van der Waals surface area contributed by atoms with Crippen molar-refractivity contribution in [3.63, 3.8) is 0 Å². The second kappa shape index (κ2) is 6.57. The Hall–Kier alpha value is -1.47. The molecule has 0 bridgehead atoms. The monoisotopic (exact) mass is 323 g/mol. The highest BCUT2D eigenvalue weighted by molar-refractivity contribution is 6.48. The molecule has 5 nitrogen and oxygen atoms in total. The number of ether oxygens (including phenoxy) is 1. The molecular formula is C16H23BFNO4. The Morgan fingerprint density at radius 3 is 2.43 bits per heavy atom. The predicted octanol–water partition coefficient (Wildman–Crippen LogP) is 2.89. The lowest BCUT2D eigenvalue weighted by Crippen LogP contribution is -2.41. The number of nitrogens with zero attached hydrogens (tertiary/aromatic N) is 1. The summed E-state index contributed by atoms with van der Waals surface area (Å²) in [6.07, 6.45) is 2.68. The molecule has 1 saturated heterocycles. The predicted molar refractivity (Wildman–Crippen MR) is 84.3 cm³/mol. The molecule has 0 aliphatic carbocycles. The highest BCUT2D eigenvalue weighted by Crippen LogP contribution is 2.41. The zero-order valence-corrected chi connectivity index (χ0v) is 14.3. The van der Waals surface area contributed by atoms with Crippen LogP contribution in [0.5, 0.6) is 0 Å². The molecule has 1 aliphatic rings. The number of esters is 1. The first-order valence-corrected chi connectivity index (χ1v) is 7.78. The molecule has 2 rings (SSSR count). The molecule has 1 fully saturated rings. The normalized spacial score (nSPS) is 20.3. The van der Waals surface area contributed by atoms with Crippen molar-refractivity contribution in [2.45, 2.75) is 58.1 Å².